The second-order valence-corrected chi connectivity index (χ2v) is 7.23. The number of carbonyl (C=O) groups excluding carboxylic acids is 1. The standard InChI is InChI=1S/C15H19FN4O3S/c1-10(2)20(3)24(22,23)19-15(21)12-6-5-11(16)9-13(12)14-17-7-4-8-18-14/h4-10,14,17H,1-3H3,(H,19,21). The molecule has 0 bridgehead atoms. The summed E-state index contributed by atoms with van der Waals surface area (Å²) in [4.78, 5) is 16.5. The van der Waals surface area contributed by atoms with Crippen LogP contribution >= 0.6 is 0 Å². The molecule has 0 fully saturated rings. The first-order valence-corrected chi connectivity index (χ1v) is 8.70. The average molecular weight is 354 g/mol. The molecule has 1 aliphatic rings. The van der Waals surface area contributed by atoms with Crippen molar-refractivity contribution in [2.24, 2.45) is 4.99 Å². The van der Waals surface area contributed by atoms with E-state index in [9.17, 15) is 17.6 Å². The number of benzene rings is 1. The zero-order valence-corrected chi connectivity index (χ0v) is 14.3. The Balaban J connectivity index is 2.33. The van der Waals surface area contributed by atoms with Gasteiger partial charge in [0.25, 0.3) is 5.91 Å². The van der Waals surface area contributed by atoms with Gasteiger partial charge in [-0.25, -0.2) is 9.11 Å². The summed E-state index contributed by atoms with van der Waals surface area (Å²) in [6, 6.07) is 3.17. The monoisotopic (exact) mass is 354 g/mol. The van der Waals surface area contributed by atoms with Gasteiger partial charge in [-0.1, -0.05) is 0 Å². The smallest absolute Gasteiger partial charge is 0.304 e. The highest BCUT2D eigenvalue weighted by atomic mass is 32.2. The first-order valence-electron chi connectivity index (χ1n) is 7.26. The molecule has 0 saturated carbocycles. The molecule has 24 heavy (non-hydrogen) atoms. The summed E-state index contributed by atoms with van der Waals surface area (Å²) in [5.41, 5.74) is 0.276. The van der Waals surface area contributed by atoms with Crippen molar-refractivity contribution in [3.05, 3.63) is 47.4 Å². The molecule has 0 aliphatic carbocycles. The van der Waals surface area contributed by atoms with Crippen LogP contribution in [0.2, 0.25) is 0 Å². The zero-order chi connectivity index (χ0) is 17.9. The molecule has 0 spiro atoms. The van der Waals surface area contributed by atoms with Crippen molar-refractivity contribution in [2.75, 3.05) is 7.05 Å². The third kappa shape index (κ3) is 3.98. The number of hydrogen-bond acceptors (Lipinski definition) is 5. The number of nitrogens with zero attached hydrogens (tertiary/aromatic N) is 2. The Bertz CT molecular complexity index is 790. The quantitative estimate of drug-likeness (QED) is 0.834. The molecule has 1 aliphatic heterocycles. The Morgan fingerprint density at radius 3 is 2.71 bits per heavy atom. The molecule has 1 heterocycles. The number of amides is 1. The highest BCUT2D eigenvalue weighted by Gasteiger charge is 2.26. The van der Waals surface area contributed by atoms with Crippen LogP contribution in [-0.2, 0) is 10.2 Å². The minimum absolute atomic E-state index is 0.0297. The van der Waals surface area contributed by atoms with Crippen LogP contribution in [0.3, 0.4) is 0 Å². The van der Waals surface area contributed by atoms with Crippen molar-refractivity contribution in [3.63, 3.8) is 0 Å². The summed E-state index contributed by atoms with van der Waals surface area (Å²) in [5, 5.41) is 2.88. The summed E-state index contributed by atoms with van der Waals surface area (Å²) in [6.45, 7) is 3.36. The first-order chi connectivity index (χ1) is 11.2. The number of rotatable bonds is 5. The number of halogens is 1. The van der Waals surface area contributed by atoms with Crippen molar-refractivity contribution in [1.29, 1.82) is 0 Å². The fourth-order valence-corrected chi connectivity index (χ4v) is 3.07. The molecule has 1 aromatic rings. The van der Waals surface area contributed by atoms with Gasteiger partial charge in [-0.15, -0.1) is 0 Å². The largest absolute Gasteiger partial charge is 0.366 e. The fraction of sp³-hybridized carbons (Fsp3) is 0.333. The summed E-state index contributed by atoms with van der Waals surface area (Å²) in [5.74, 6) is -1.39. The Kier molecular flexibility index (Phi) is 5.35. The molecular weight excluding hydrogens is 335 g/mol. The maximum absolute atomic E-state index is 13.6. The van der Waals surface area contributed by atoms with Crippen LogP contribution in [0.4, 0.5) is 4.39 Å². The van der Waals surface area contributed by atoms with Gasteiger partial charge in [0.1, 0.15) is 12.0 Å². The van der Waals surface area contributed by atoms with E-state index in [1.165, 1.54) is 19.3 Å². The molecule has 2 N–H and O–H groups in total. The lowest BCUT2D eigenvalue weighted by atomic mass is 10.0. The van der Waals surface area contributed by atoms with Gasteiger partial charge in [0.05, 0.1) is 0 Å². The predicted octanol–water partition coefficient (Wildman–Crippen LogP) is 1.33. The molecule has 9 heteroatoms. The number of hydrogen-bond donors (Lipinski definition) is 2. The summed E-state index contributed by atoms with van der Waals surface area (Å²) >= 11 is 0. The minimum Gasteiger partial charge on any atom is -0.366 e. The summed E-state index contributed by atoms with van der Waals surface area (Å²) < 4.78 is 41.0. The molecule has 0 aromatic heterocycles. The van der Waals surface area contributed by atoms with Crippen molar-refractivity contribution < 1.29 is 17.6 Å². The summed E-state index contributed by atoms with van der Waals surface area (Å²) in [6.07, 6.45) is 4.10. The lowest BCUT2D eigenvalue weighted by molar-refractivity contribution is 0.0977. The molecule has 7 nitrogen and oxygen atoms in total. The third-order valence-corrected chi connectivity index (χ3v) is 5.18. The van der Waals surface area contributed by atoms with E-state index in [1.807, 2.05) is 4.72 Å². The van der Waals surface area contributed by atoms with Gasteiger partial charge in [0, 0.05) is 30.4 Å². The van der Waals surface area contributed by atoms with E-state index in [1.54, 1.807) is 26.1 Å². The molecule has 1 aromatic carbocycles. The SMILES string of the molecule is CC(C)N(C)S(=O)(=O)NC(=O)c1ccc(F)cc1C1N=CC=CN1. The Morgan fingerprint density at radius 2 is 2.12 bits per heavy atom. The Morgan fingerprint density at radius 1 is 1.42 bits per heavy atom. The van der Waals surface area contributed by atoms with Gasteiger partial charge >= 0.3 is 10.2 Å². The predicted molar refractivity (Wildman–Crippen MR) is 89.2 cm³/mol. The van der Waals surface area contributed by atoms with E-state index >= 15 is 0 Å². The molecule has 1 atom stereocenters. The van der Waals surface area contributed by atoms with E-state index < -0.39 is 28.1 Å². The lowest BCUT2D eigenvalue weighted by Gasteiger charge is -2.22. The highest BCUT2D eigenvalue weighted by molar-refractivity contribution is 7.87. The normalized spacial score (nSPS) is 17.2. The van der Waals surface area contributed by atoms with E-state index in [4.69, 9.17) is 0 Å². The van der Waals surface area contributed by atoms with Crippen molar-refractivity contribution in [3.8, 4) is 0 Å². The molecule has 1 amide bonds. The average Bonchev–Trinajstić information content (AvgIpc) is 2.54. The maximum atomic E-state index is 13.6. The fourth-order valence-electron chi connectivity index (χ4n) is 2.03. The molecule has 2 rings (SSSR count). The zero-order valence-electron chi connectivity index (χ0n) is 13.5. The molecule has 1 unspecified atom stereocenters. The van der Waals surface area contributed by atoms with Gasteiger partial charge in [-0.05, 0) is 44.3 Å². The molecular formula is C15H19FN4O3S. The topological polar surface area (TPSA) is 90.9 Å². The number of nitrogens with one attached hydrogen (secondary N) is 2. The van der Waals surface area contributed by atoms with Gasteiger partial charge in [-0.3, -0.25) is 9.79 Å². The van der Waals surface area contributed by atoms with Gasteiger partial charge in [0.2, 0.25) is 0 Å². The number of carbonyl (C=O) groups is 1. The lowest BCUT2D eigenvalue weighted by Crippen LogP contribution is -2.44. The van der Waals surface area contributed by atoms with Crippen molar-refractivity contribution >= 4 is 22.3 Å². The van der Waals surface area contributed by atoms with Crippen LogP contribution < -0.4 is 10.0 Å². The highest BCUT2D eigenvalue weighted by Crippen LogP contribution is 2.22. The molecule has 0 radical (unpaired) electrons. The van der Waals surface area contributed by atoms with Gasteiger partial charge in [0.15, 0.2) is 0 Å². The second kappa shape index (κ2) is 7.10. The maximum Gasteiger partial charge on any atom is 0.304 e. The van der Waals surface area contributed by atoms with E-state index in [2.05, 4.69) is 10.3 Å². The van der Waals surface area contributed by atoms with Crippen LogP contribution in [0.25, 0.3) is 0 Å². The number of allylic oxidation sites excluding steroid dienone is 1. The van der Waals surface area contributed by atoms with Gasteiger partial charge in [-0.2, -0.15) is 12.7 Å². The second-order valence-electron chi connectivity index (χ2n) is 5.50. The number of aliphatic imine (C=N–C) groups is 1. The molecule has 0 saturated heterocycles. The third-order valence-electron chi connectivity index (χ3n) is 3.55. The van der Waals surface area contributed by atoms with Crippen LogP contribution in [0.1, 0.15) is 35.9 Å². The first kappa shape index (κ1) is 18.1. The van der Waals surface area contributed by atoms with Crippen LogP contribution in [0.15, 0.2) is 35.5 Å². The van der Waals surface area contributed by atoms with Crippen LogP contribution in [0.5, 0.6) is 0 Å². The van der Waals surface area contributed by atoms with Crippen molar-refractivity contribution in [2.45, 2.75) is 26.1 Å². The summed E-state index contributed by atoms with van der Waals surface area (Å²) in [7, 11) is -2.63. The Hall–Kier alpha value is -2.26. The van der Waals surface area contributed by atoms with Crippen molar-refractivity contribution in [1.82, 2.24) is 14.3 Å². The minimum atomic E-state index is -4.00. The Labute approximate surface area is 140 Å². The van der Waals surface area contributed by atoms with Gasteiger partial charge < -0.3 is 5.32 Å². The molecule has 130 valence electrons. The van der Waals surface area contributed by atoms with Crippen LogP contribution in [0, 0.1) is 5.82 Å². The van der Waals surface area contributed by atoms with Crippen LogP contribution in [-0.4, -0.2) is 37.9 Å². The van der Waals surface area contributed by atoms with E-state index in [-0.39, 0.29) is 17.2 Å². The van der Waals surface area contributed by atoms with E-state index in [0.29, 0.717) is 0 Å². The van der Waals surface area contributed by atoms with E-state index in [0.717, 1.165) is 16.4 Å².